The molecule has 5 atom stereocenters. The van der Waals surface area contributed by atoms with E-state index in [2.05, 4.69) is 0 Å². The van der Waals surface area contributed by atoms with E-state index in [9.17, 15) is 24.3 Å². The number of rotatable bonds is 9. The fraction of sp³-hybridized carbons (Fsp3) is 0.176. The van der Waals surface area contributed by atoms with Crippen molar-refractivity contribution < 1.29 is 53.4 Å². The van der Waals surface area contributed by atoms with Crippen LogP contribution in [0.4, 0.5) is 0 Å². The van der Waals surface area contributed by atoms with Crippen LogP contribution in [0, 0.1) is 0 Å². The Bertz CT molecular complexity index is 1560. The molecule has 1 saturated heterocycles. The third-order valence-electron chi connectivity index (χ3n) is 6.76. The molecule has 0 bridgehead atoms. The van der Waals surface area contributed by atoms with Gasteiger partial charge < -0.3 is 34.3 Å². The standard InChI is InChI=1S/C34H28O10.H2O/c35-30(22-13-5-1-6-14-22)40-21-26-27(42-31(36)23-15-7-2-8-16-23)28(43-32(37)24-17-9-3-10-18-24)29(34(39)41-26)44-33(38)25-19-11-4-12-20-25;/h1-20,26-29,34,39H,21H2;1H2/t26-,27-,28+,29-,34-;/m1./s1. The predicted octanol–water partition coefficient (Wildman–Crippen LogP) is 3.41. The van der Waals surface area contributed by atoms with Crippen LogP contribution in [-0.2, 0) is 23.7 Å². The molecule has 45 heavy (non-hydrogen) atoms. The number of hydrogen-bond donors (Lipinski definition) is 1. The highest BCUT2D eigenvalue weighted by atomic mass is 16.7. The molecular formula is C34H30O11. The largest absolute Gasteiger partial charge is 0.459 e. The molecule has 0 aliphatic carbocycles. The van der Waals surface area contributed by atoms with Crippen molar-refractivity contribution >= 4 is 23.9 Å². The average molecular weight is 615 g/mol. The summed E-state index contributed by atoms with van der Waals surface area (Å²) in [6.07, 6.45) is -7.89. The Labute approximate surface area is 258 Å². The maximum atomic E-state index is 13.3. The van der Waals surface area contributed by atoms with Gasteiger partial charge in [-0.1, -0.05) is 72.8 Å². The van der Waals surface area contributed by atoms with Gasteiger partial charge in [0.25, 0.3) is 0 Å². The van der Waals surface area contributed by atoms with Gasteiger partial charge in [-0.15, -0.1) is 0 Å². The molecule has 4 aromatic carbocycles. The van der Waals surface area contributed by atoms with E-state index in [-0.39, 0.29) is 27.7 Å². The monoisotopic (exact) mass is 614 g/mol. The molecular weight excluding hydrogens is 584 g/mol. The van der Waals surface area contributed by atoms with Gasteiger partial charge in [0.1, 0.15) is 12.7 Å². The van der Waals surface area contributed by atoms with Crippen molar-refractivity contribution in [1.82, 2.24) is 0 Å². The minimum Gasteiger partial charge on any atom is -0.459 e. The van der Waals surface area contributed by atoms with Gasteiger partial charge >= 0.3 is 23.9 Å². The van der Waals surface area contributed by atoms with Crippen molar-refractivity contribution in [1.29, 1.82) is 0 Å². The third-order valence-corrected chi connectivity index (χ3v) is 6.76. The van der Waals surface area contributed by atoms with Gasteiger partial charge in [0.15, 0.2) is 24.6 Å². The van der Waals surface area contributed by atoms with Gasteiger partial charge in [-0.2, -0.15) is 0 Å². The van der Waals surface area contributed by atoms with Gasteiger partial charge in [-0.25, -0.2) is 19.2 Å². The topological polar surface area (TPSA) is 166 Å². The zero-order valence-electron chi connectivity index (χ0n) is 23.8. The lowest BCUT2D eigenvalue weighted by Gasteiger charge is -2.42. The van der Waals surface area contributed by atoms with E-state index >= 15 is 0 Å². The second kappa shape index (κ2) is 15.4. The molecule has 1 heterocycles. The quantitative estimate of drug-likeness (QED) is 0.218. The fourth-order valence-electron chi connectivity index (χ4n) is 4.54. The molecule has 1 fully saturated rings. The number of aliphatic hydroxyl groups is 1. The molecule has 5 rings (SSSR count). The van der Waals surface area contributed by atoms with E-state index in [1.807, 2.05) is 0 Å². The van der Waals surface area contributed by atoms with E-state index in [0.29, 0.717) is 0 Å². The summed E-state index contributed by atoms with van der Waals surface area (Å²) in [6, 6.07) is 32.1. The van der Waals surface area contributed by atoms with Crippen LogP contribution in [0.2, 0.25) is 0 Å². The highest BCUT2D eigenvalue weighted by molar-refractivity contribution is 5.91. The van der Waals surface area contributed by atoms with E-state index in [1.165, 1.54) is 36.4 Å². The lowest BCUT2D eigenvalue weighted by atomic mass is 9.97. The van der Waals surface area contributed by atoms with Crippen LogP contribution in [0.1, 0.15) is 41.4 Å². The summed E-state index contributed by atoms with van der Waals surface area (Å²) in [5, 5.41) is 11.1. The zero-order chi connectivity index (χ0) is 30.9. The molecule has 1 aliphatic rings. The summed E-state index contributed by atoms with van der Waals surface area (Å²) in [6.45, 7) is -0.504. The summed E-state index contributed by atoms with van der Waals surface area (Å²) in [4.78, 5) is 52.3. The van der Waals surface area contributed by atoms with Crippen LogP contribution < -0.4 is 0 Å². The van der Waals surface area contributed by atoms with Crippen LogP contribution in [0.3, 0.4) is 0 Å². The summed E-state index contributed by atoms with van der Waals surface area (Å²) < 4.78 is 28.4. The Kier molecular flexibility index (Phi) is 11.1. The molecule has 0 unspecified atom stereocenters. The predicted molar refractivity (Wildman–Crippen MR) is 158 cm³/mol. The van der Waals surface area contributed by atoms with E-state index in [4.69, 9.17) is 23.7 Å². The number of aliphatic hydroxyl groups excluding tert-OH is 1. The number of ether oxygens (including phenoxy) is 5. The average Bonchev–Trinajstić information content (AvgIpc) is 3.07. The Morgan fingerprint density at radius 1 is 0.511 bits per heavy atom. The summed E-state index contributed by atoms with van der Waals surface area (Å²) >= 11 is 0. The van der Waals surface area contributed by atoms with Crippen LogP contribution in [0.25, 0.3) is 0 Å². The first-order valence-corrected chi connectivity index (χ1v) is 13.7. The number of esters is 4. The number of hydrogen-bond acceptors (Lipinski definition) is 10. The highest BCUT2D eigenvalue weighted by Crippen LogP contribution is 2.30. The molecule has 11 nitrogen and oxygen atoms in total. The summed E-state index contributed by atoms with van der Waals surface area (Å²) in [5.74, 6) is -3.21. The summed E-state index contributed by atoms with van der Waals surface area (Å²) in [5.41, 5.74) is 0.736. The molecule has 4 aromatic rings. The molecule has 0 saturated carbocycles. The smallest absolute Gasteiger partial charge is 0.338 e. The van der Waals surface area contributed by atoms with Crippen LogP contribution in [0.15, 0.2) is 121 Å². The second-order valence-corrected chi connectivity index (χ2v) is 9.74. The first kappa shape index (κ1) is 32.6. The second-order valence-electron chi connectivity index (χ2n) is 9.74. The van der Waals surface area contributed by atoms with Gasteiger partial charge in [0, 0.05) is 0 Å². The van der Waals surface area contributed by atoms with Crippen molar-refractivity contribution in [3.63, 3.8) is 0 Å². The minimum atomic E-state index is -1.86. The number of benzene rings is 4. The van der Waals surface area contributed by atoms with Gasteiger partial charge in [-0.05, 0) is 48.5 Å². The molecule has 0 amide bonds. The summed E-state index contributed by atoms with van der Waals surface area (Å²) in [7, 11) is 0. The minimum absolute atomic E-state index is 0. The van der Waals surface area contributed by atoms with Crippen LogP contribution in [-0.4, -0.2) is 71.8 Å². The van der Waals surface area contributed by atoms with Gasteiger partial charge in [0.05, 0.1) is 22.3 Å². The normalized spacial score (nSPS) is 20.5. The molecule has 1 aliphatic heterocycles. The first-order valence-electron chi connectivity index (χ1n) is 13.7. The number of carbonyl (C=O) groups is 4. The van der Waals surface area contributed by atoms with Gasteiger partial charge in [-0.3, -0.25) is 0 Å². The Balaban J connectivity index is 0.00000461. The third kappa shape index (κ3) is 8.18. The SMILES string of the molecule is O.O=C(OC[C@H]1O[C@@H](O)[C@H](OC(=O)c2ccccc2)[C@@H](OC(=O)c2ccccc2)[C@@H]1OC(=O)c1ccccc1)c1ccccc1. The molecule has 232 valence electrons. The molecule has 0 radical (unpaired) electrons. The van der Waals surface area contributed by atoms with Crippen molar-refractivity contribution in [2.45, 2.75) is 30.7 Å². The molecule has 3 N–H and O–H groups in total. The lowest BCUT2D eigenvalue weighted by molar-refractivity contribution is -0.284. The molecule has 11 heteroatoms. The number of carbonyl (C=O) groups excluding carboxylic acids is 4. The maximum Gasteiger partial charge on any atom is 0.338 e. The Morgan fingerprint density at radius 3 is 1.24 bits per heavy atom. The molecule has 0 aromatic heterocycles. The fourth-order valence-corrected chi connectivity index (χ4v) is 4.54. The Morgan fingerprint density at radius 2 is 0.844 bits per heavy atom. The van der Waals surface area contributed by atoms with Crippen LogP contribution >= 0.6 is 0 Å². The van der Waals surface area contributed by atoms with E-state index < -0.39 is 61.2 Å². The van der Waals surface area contributed by atoms with Crippen molar-refractivity contribution in [2.75, 3.05) is 6.61 Å². The Hall–Kier alpha value is -5.36. The van der Waals surface area contributed by atoms with Crippen molar-refractivity contribution in [3.8, 4) is 0 Å². The zero-order valence-corrected chi connectivity index (χ0v) is 23.8. The van der Waals surface area contributed by atoms with Crippen LogP contribution in [0.5, 0.6) is 0 Å². The van der Waals surface area contributed by atoms with Crippen molar-refractivity contribution in [2.24, 2.45) is 0 Å². The van der Waals surface area contributed by atoms with Gasteiger partial charge in [0.2, 0.25) is 0 Å². The highest BCUT2D eigenvalue weighted by Gasteiger charge is 2.52. The molecule has 0 spiro atoms. The maximum absolute atomic E-state index is 13.3. The van der Waals surface area contributed by atoms with E-state index in [1.54, 1.807) is 84.9 Å². The van der Waals surface area contributed by atoms with E-state index in [0.717, 1.165) is 0 Å². The lowest BCUT2D eigenvalue weighted by Crippen LogP contribution is -2.62. The van der Waals surface area contributed by atoms with Crippen molar-refractivity contribution in [3.05, 3.63) is 144 Å². The first-order chi connectivity index (χ1) is 21.4.